The molecule has 2 heterocycles. The van der Waals surface area contributed by atoms with Crippen molar-refractivity contribution in [2.75, 3.05) is 36.5 Å². The van der Waals surface area contributed by atoms with Crippen molar-refractivity contribution in [2.24, 2.45) is 5.92 Å². The van der Waals surface area contributed by atoms with Crippen LogP contribution >= 0.6 is 0 Å². The van der Waals surface area contributed by atoms with Crippen LogP contribution < -0.4 is 10.2 Å². The fraction of sp³-hybridized carbons (Fsp3) is 0.632. The number of hydrogen-bond donors (Lipinski definition) is 1. The normalized spacial score (nSPS) is 20.6. The quantitative estimate of drug-likeness (QED) is 0.914. The summed E-state index contributed by atoms with van der Waals surface area (Å²) in [6, 6.07) is 6.31. The molecular weight excluding hydrogens is 304 g/mol. The number of nitrogens with one attached hydrogen (secondary N) is 1. The zero-order valence-corrected chi connectivity index (χ0v) is 14.9. The van der Waals surface area contributed by atoms with Crippen molar-refractivity contribution in [3.05, 3.63) is 23.8 Å². The van der Waals surface area contributed by atoms with Crippen LogP contribution in [0.15, 0.2) is 18.2 Å². The third-order valence-corrected chi connectivity index (χ3v) is 4.44. The summed E-state index contributed by atoms with van der Waals surface area (Å²) in [6.45, 7) is 9.02. The van der Waals surface area contributed by atoms with Crippen LogP contribution in [0.3, 0.4) is 0 Å². The SMILES string of the molecule is CC(C)(C)OC(=O)N1CCCc2ccc(NCC3CCOC3)cc21. The maximum absolute atomic E-state index is 12.5. The zero-order valence-electron chi connectivity index (χ0n) is 14.9. The molecule has 0 bridgehead atoms. The van der Waals surface area contributed by atoms with Crippen molar-refractivity contribution in [2.45, 2.75) is 45.6 Å². The molecule has 1 amide bonds. The van der Waals surface area contributed by atoms with Gasteiger partial charge in [0, 0.05) is 31.3 Å². The van der Waals surface area contributed by atoms with Gasteiger partial charge in [-0.2, -0.15) is 0 Å². The highest BCUT2D eigenvalue weighted by molar-refractivity contribution is 5.90. The van der Waals surface area contributed by atoms with Gasteiger partial charge in [-0.1, -0.05) is 6.07 Å². The first-order chi connectivity index (χ1) is 11.4. The van der Waals surface area contributed by atoms with E-state index in [4.69, 9.17) is 9.47 Å². The summed E-state index contributed by atoms with van der Waals surface area (Å²) in [5.41, 5.74) is 2.76. The van der Waals surface area contributed by atoms with Gasteiger partial charge in [-0.05, 0) is 57.7 Å². The smallest absolute Gasteiger partial charge is 0.414 e. The van der Waals surface area contributed by atoms with Crippen LogP contribution in [0.25, 0.3) is 0 Å². The predicted molar refractivity (Wildman–Crippen MR) is 95.8 cm³/mol. The summed E-state index contributed by atoms with van der Waals surface area (Å²) in [5.74, 6) is 0.572. The van der Waals surface area contributed by atoms with Crippen molar-refractivity contribution >= 4 is 17.5 Å². The molecule has 1 aromatic carbocycles. The van der Waals surface area contributed by atoms with Gasteiger partial charge in [-0.3, -0.25) is 4.90 Å². The van der Waals surface area contributed by atoms with Crippen LogP contribution in [0.4, 0.5) is 16.2 Å². The van der Waals surface area contributed by atoms with E-state index in [2.05, 4.69) is 23.5 Å². The molecule has 0 saturated carbocycles. The number of benzene rings is 1. The molecule has 2 aliphatic rings. The first-order valence-corrected chi connectivity index (χ1v) is 8.87. The number of amides is 1. The van der Waals surface area contributed by atoms with Gasteiger partial charge in [0.1, 0.15) is 5.60 Å². The predicted octanol–water partition coefficient (Wildman–Crippen LogP) is 3.82. The molecular formula is C19H28N2O3. The lowest BCUT2D eigenvalue weighted by atomic mass is 10.0. The Morgan fingerprint density at radius 1 is 1.42 bits per heavy atom. The maximum Gasteiger partial charge on any atom is 0.414 e. The molecule has 0 radical (unpaired) electrons. The number of ether oxygens (including phenoxy) is 2. The van der Waals surface area contributed by atoms with Crippen LogP contribution in [-0.4, -0.2) is 38.0 Å². The molecule has 2 aliphatic heterocycles. The number of anilines is 2. The van der Waals surface area contributed by atoms with Crippen LogP contribution in [-0.2, 0) is 15.9 Å². The van der Waals surface area contributed by atoms with Gasteiger partial charge in [-0.15, -0.1) is 0 Å². The molecule has 5 heteroatoms. The Morgan fingerprint density at radius 2 is 2.25 bits per heavy atom. The summed E-state index contributed by atoms with van der Waals surface area (Å²) in [6.07, 6.45) is 2.83. The van der Waals surface area contributed by atoms with Crippen LogP contribution in [0.2, 0.25) is 0 Å². The molecule has 0 aliphatic carbocycles. The zero-order chi connectivity index (χ0) is 17.2. The largest absolute Gasteiger partial charge is 0.443 e. The van der Waals surface area contributed by atoms with E-state index in [1.165, 1.54) is 5.56 Å². The standard InChI is InChI=1S/C19H28N2O3/c1-19(2,3)24-18(22)21-9-4-5-15-6-7-16(11-17(15)21)20-12-14-8-10-23-13-14/h6-7,11,14,20H,4-5,8-10,12-13H2,1-3H3. The van der Waals surface area contributed by atoms with Crippen LogP contribution in [0.1, 0.15) is 39.2 Å². The summed E-state index contributed by atoms with van der Waals surface area (Å²) in [7, 11) is 0. The van der Waals surface area contributed by atoms with E-state index in [-0.39, 0.29) is 6.09 Å². The Morgan fingerprint density at radius 3 is 2.96 bits per heavy atom. The van der Waals surface area contributed by atoms with Crippen molar-refractivity contribution in [3.8, 4) is 0 Å². The average Bonchev–Trinajstić information content (AvgIpc) is 3.04. The van der Waals surface area contributed by atoms with E-state index >= 15 is 0 Å². The van der Waals surface area contributed by atoms with Crippen molar-refractivity contribution < 1.29 is 14.3 Å². The number of hydrogen-bond acceptors (Lipinski definition) is 4. The highest BCUT2D eigenvalue weighted by Gasteiger charge is 2.27. The Hall–Kier alpha value is -1.75. The lowest BCUT2D eigenvalue weighted by Crippen LogP contribution is -2.39. The average molecular weight is 332 g/mol. The fourth-order valence-corrected chi connectivity index (χ4v) is 3.20. The van der Waals surface area contributed by atoms with Crippen molar-refractivity contribution in [3.63, 3.8) is 0 Å². The number of nitrogens with zero attached hydrogens (tertiary/aromatic N) is 1. The molecule has 24 heavy (non-hydrogen) atoms. The number of fused-ring (bicyclic) bond motifs is 1. The molecule has 1 N–H and O–H groups in total. The summed E-state index contributed by atoms with van der Waals surface area (Å²) in [4.78, 5) is 14.3. The van der Waals surface area contributed by atoms with E-state index in [0.29, 0.717) is 12.5 Å². The number of carbonyl (C=O) groups is 1. The Labute approximate surface area is 144 Å². The first kappa shape index (κ1) is 17.1. The molecule has 132 valence electrons. The van der Waals surface area contributed by atoms with E-state index in [1.807, 2.05) is 20.8 Å². The van der Waals surface area contributed by atoms with Gasteiger partial charge >= 0.3 is 6.09 Å². The topological polar surface area (TPSA) is 50.8 Å². The molecule has 1 fully saturated rings. The van der Waals surface area contributed by atoms with Gasteiger partial charge in [0.05, 0.1) is 12.3 Å². The Kier molecular flexibility index (Phi) is 4.99. The molecule has 1 saturated heterocycles. The molecule has 1 atom stereocenters. The highest BCUT2D eigenvalue weighted by atomic mass is 16.6. The Balaban J connectivity index is 1.72. The second-order valence-corrected chi connectivity index (χ2v) is 7.69. The van der Waals surface area contributed by atoms with Crippen LogP contribution in [0.5, 0.6) is 0 Å². The number of aryl methyl sites for hydroxylation is 1. The number of rotatable bonds is 3. The minimum Gasteiger partial charge on any atom is -0.443 e. The van der Waals surface area contributed by atoms with Crippen LogP contribution in [0, 0.1) is 5.92 Å². The molecule has 5 nitrogen and oxygen atoms in total. The monoisotopic (exact) mass is 332 g/mol. The van der Waals surface area contributed by atoms with Crippen molar-refractivity contribution in [1.82, 2.24) is 0 Å². The lowest BCUT2D eigenvalue weighted by molar-refractivity contribution is 0.0578. The summed E-state index contributed by atoms with van der Waals surface area (Å²) < 4.78 is 11.0. The second kappa shape index (κ2) is 7.01. The fourth-order valence-electron chi connectivity index (χ4n) is 3.20. The van der Waals surface area contributed by atoms with E-state index < -0.39 is 5.60 Å². The van der Waals surface area contributed by atoms with E-state index in [1.54, 1.807) is 4.90 Å². The lowest BCUT2D eigenvalue weighted by Gasteiger charge is -2.32. The third-order valence-electron chi connectivity index (χ3n) is 4.44. The molecule has 0 aromatic heterocycles. The summed E-state index contributed by atoms with van der Waals surface area (Å²) >= 11 is 0. The molecule has 0 spiro atoms. The molecule has 1 aromatic rings. The van der Waals surface area contributed by atoms with E-state index in [0.717, 1.165) is 50.4 Å². The molecule has 1 unspecified atom stereocenters. The van der Waals surface area contributed by atoms with Crippen molar-refractivity contribution in [1.29, 1.82) is 0 Å². The summed E-state index contributed by atoms with van der Waals surface area (Å²) in [5, 5.41) is 3.49. The van der Waals surface area contributed by atoms with Gasteiger partial charge in [0.25, 0.3) is 0 Å². The maximum atomic E-state index is 12.5. The minimum atomic E-state index is -0.479. The van der Waals surface area contributed by atoms with Gasteiger partial charge in [-0.25, -0.2) is 4.79 Å². The second-order valence-electron chi connectivity index (χ2n) is 7.69. The van der Waals surface area contributed by atoms with Gasteiger partial charge in [0.15, 0.2) is 0 Å². The van der Waals surface area contributed by atoms with E-state index in [9.17, 15) is 4.79 Å². The highest BCUT2D eigenvalue weighted by Crippen LogP contribution is 2.31. The number of carbonyl (C=O) groups excluding carboxylic acids is 1. The minimum absolute atomic E-state index is 0.259. The Bertz CT molecular complexity index is 589. The third kappa shape index (κ3) is 4.20. The molecule has 3 rings (SSSR count). The van der Waals surface area contributed by atoms with Gasteiger partial charge in [0.2, 0.25) is 0 Å². The first-order valence-electron chi connectivity index (χ1n) is 8.87. The van der Waals surface area contributed by atoms with Gasteiger partial charge < -0.3 is 14.8 Å².